The summed E-state index contributed by atoms with van der Waals surface area (Å²) in [5, 5.41) is 10.1. The van der Waals surface area contributed by atoms with Crippen LogP contribution in [-0.2, 0) is 14.8 Å². The second-order valence-electron chi connectivity index (χ2n) is 4.76. The van der Waals surface area contributed by atoms with Crippen LogP contribution < -0.4 is 15.2 Å². The number of benzene rings is 1. The minimum atomic E-state index is -3.79. The van der Waals surface area contributed by atoms with Crippen molar-refractivity contribution in [3.05, 3.63) is 18.2 Å². The zero-order valence-electron chi connectivity index (χ0n) is 11.1. The Balaban J connectivity index is 2.18. The van der Waals surface area contributed by atoms with Crippen molar-refractivity contribution in [3.63, 3.8) is 0 Å². The van der Waals surface area contributed by atoms with Crippen molar-refractivity contribution < 1.29 is 23.0 Å². The molecular weight excluding hydrogens is 284 g/mol. The lowest BCUT2D eigenvalue weighted by molar-refractivity contribution is 0.0314. The highest BCUT2D eigenvalue weighted by atomic mass is 32.2. The van der Waals surface area contributed by atoms with Gasteiger partial charge in [0.1, 0.15) is 16.2 Å². The Morgan fingerprint density at radius 1 is 1.55 bits per heavy atom. The van der Waals surface area contributed by atoms with Crippen LogP contribution in [0.25, 0.3) is 0 Å². The second kappa shape index (κ2) is 5.57. The van der Waals surface area contributed by atoms with E-state index in [9.17, 15) is 13.5 Å². The smallest absolute Gasteiger partial charge is 0.244 e. The van der Waals surface area contributed by atoms with Gasteiger partial charge in [-0.3, -0.25) is 0 Å². The Hall–Kier alpha value is -1.35. The van der Waals surface area contributed by atoms with Crippen LogP contribution in [0.3, 0.4) is 0 Å². The van der Waals surface area contributed by atoms with E-state index in [1.165, 1.54) is 25.3 Å². The normalized spacial score (nSPS) is 22.9. The molecule has 0 amide bonds. The summed E-state index contributed by atoms with van der Waals surface area (Å²) in [5.74, 6) is 0.159. The number of methoxy groups -OCH3 is 1. The molecule has 0 radical (unpaired) electrons. The lowest BCUT2D eigenvalue weighted by atomic mass is 10.1. The summed E-state index contributed by atoms with van der Waals surface area (Å²) in [5.41, 5.74) is 4.84. The van der Waals surface area contributed by atoms with Gasteiger partial charge in [0.2, 0.25) is 10.0 Å². The van der Waals surface area contributed by atoms with Crippen LogP contribution in [-0.4, -0.2) is 46.0 Å². The molecule has 0 aromatic heterocycles. The number of ether oxygens (including phenoxy) is 2. The number of anilines is 1. The van der Waals surface area contributed by atoms with Crippen molar-refractivity contribution >= 4 is 15.7 Å². The molecule has 0 spiro atoms. The summed E-state index contributed by atoms with van der Waals surface area (Å²) in [6, 6.07) is 4.28. The number of rotatable bonds is 5. The van der Waals surface area contributed by atoms with Gasteiger partial charge in [-0.2, -0.15) is 0 Å². The highest BCUT2D eigenvalue weighted by molar-refractivity contribution is 7.89. The monoisotopic (exact) mass is 302 g/mol. The lowest BCUT2D eigenvalue weighted by Gasteiger charge is -2.21. The van der Waals surface area contributed by atoms with Gasteiger partial charge >= 0.3 is 0 Å². The molecule has 1 fully saturated rings. The molecule has 112 valence electrons. The molecule has 1 unspecified atom stereocenters. The van der Waals surface area contributed by atoms with E-state index in [0.29, 0.717) is 18.7 Å². The highest BCUT2D eigenvalue weighted by Gasteiger charge is 2.34. The predicted octanol–water partition coefficient (Wildman–Crippen LogP) is -0.293. The van der Waals surface area contributed by atoms with Crippen LogP contribution in [0.2, 0.25) is 0 Å². The summed E-state index contributed by atoms with van der Waals surface area (Å²) in [6.45, 7) is 0.431. The van der Waals surface area contributed by atoms with Gasteiger partial charge in [0.25, 0.3) is 0 Å². The van der Waals surface area contributed by atoms with Crippen LogP contribution in [0, 0.1) is 0 Å². The van der Waals surface area contributed by atoms with Crippen molar-refractivity contribution in [1.29, 1.82) is 0 Å². The van der Waals surface area contributed by atoms with Gasteiger partial charge < -0.3 is 20.3 Å². The molecule has 1 aromatic carbocycles. The van der Waals surface area contributed by atoms with Crippen LogP contribution in [0.5, 0.6) is 5.75 Å². The lowest BCUT2D eigenvalue weighted by Crippen LogP contribution is -2.43. The molecule has 7 nitrogen and oxygen atoms in total. The maximum Gasteiger partial charge on any atom is 0.244 e. The largest absolute Gasteiger partial charge is 0.495 e. The number of hydrogen-bond donors (Lipinski definition) is 3. The Bertz CT molecular complexity index is 582. The molecule has 8 heteroatoms. The van der Waals surface area contributed by atoms with Crippen molar-refractivity contribution in [1.82, 2.24) is 4.72 Å². The highest BCUT2D eigenvalue weighted by Crippen LogP contribution is 2.26. The molecule has 1 aliphatic rings. The van der Waals surface area contributed by atoms with E-state index in [1.807, 2.05) is 0 Å². The minimum Gasteiger partial charge on any atom is -0.495 e. The van der Waals surface area contributed by atoms with Crippen LogP contribution in [0.1, 0.15) is 6.42 Å². The molecule has 1 saturated heterocycles. The maximum atomic E-state index is 12.2. The predicted molar refractivity (Wildman–Crippen MR) is 73.0 cm³/mol. The Morgan fingerprint density at radius 3 is 2.90 bits per heavy atom. The van der Waals surface area contributed by atoms with Crippen molar-refractivity contribution in [2.45, 2.75) is 16.9 Å². The second-order valence-corrected chi connectivity index (χ2v) is 6.50. The van der Waals surface area contributed by atoms with Crippen molar-refractivity contribution in [2.75, 3.05) is 32.6 Å². The number of hydrogen-bond acceptors (Lipinski definition) is 6. The fourth-order valence-electron chi connectivity index (χ4n) is 1.95. The average Bonchev–Trinajstić information content (AvgIpc) is 2.84. The number of nitrogens with two attached hydrogens (primary N) is 1. The molecule has 0 saturated carbocycles. The number of nitrogens with one attached hydrogen (secondary N) is 1. The quantitative estimate of drug-likeness (QED) is 0.644. The fourth-order valence-corrected chi connectivity index (χ4v) is 3.22. The van der Waals surface area contributed by atoms with Crippen molar-refractivity contribution in [3.8, 4) is 5.75 Å². The molecule has 4 N–H and O–H groups in total. The van der Waals surface area contributed by atoms with Gasteiger partial charge in [0, 0.05) is 31.3 Å². The summed E-state index contributed by atoms with van der Waals surface area (Å²) in [6.07, 6.45) is 0.397. The summed E-state index contributed by atoms with van der Waals surface area (Å²) < 4.78 is 36.9. The molecular formula is C12H18N2O5S. The molecule has 1 aliphatic heterocycles. The topological polar surface area (TPSA) is 111 Å². The molecule has 2 rings (SSSR count). The maximum absolute atomic E-state index is 12.2. The van der Waals surface area contributed by atoms with Crippen LogP contribution in [0.15, 0.2) is 23.1 Å². The average molecular weight is 302 g/mol. The Kier molecular flexibility index (Phi) is 4.19. The van der Waals surface area contributed by atoms with Gasteiger partial charge in [0.05, 0.1) is 13.7 Å². The van der Waals surface area contributed by atoms with Gasteiger partial charge in [-0.1, -0.05) is 0 Å². The van der Waals surface area contributed by atoms with Gasteiger partial charge in [0.15, 0.2) is 0 Å². The van der Waals surface area contributed by atoms with E-state index >= 15 is 0 Å². The molecule has 1 aromatic rings. The molecule has 0 aliphatic carbocycles. The molecule has 20 heavy (non-hydrogen) atoms. The SMILES string of the molecule is COc1cc(N)ccc1S(=O)(=O)NCC1(O)CCOC1. The first-order valence-electron chi connectivity index (χ1n) is 6.10. The van der Waals surface area contributed by atoms with E-state index in [0.717, 1.165) is 0 Å². The van der Waals surface area contributed by atoms with E-state index in [2.05, 4.69) is 4.72 Å². The minimum absolute atomic E-state index is 0.0169. The summed E-state index contributed by atoms with van der Waals surface area (Å²) in [4.78, 5) is -0.0169. The van der Waals surface area contributed by atoms with Crippen LogP contribution >= 0.6 is 0 Å². The third-order valence-corrected chi connectivity index (χ3v) is 4.59. The van der Waals surface area contributed by atoms with E-state index in [1.54, 1.807) is 0 Å². The Morgan fingerprint density at radius 2 is 2.30 bits per heavy atom. The van der Waals surface area contributed by atoms with Crippen molar-refractivity contribution in [2.24, 2.45) is 0 Å². The standard InChI is InChI=1S/C12H18N2O5S/c1-18-10-6-9(13)2-3-11(10)20(16,17)14-7-12(15)4-5-19-8-12/h2-3,6,14-15H,4-5,7-8,13H2,1H3. The Labute approximate surface area is 117 Å². The van der Waals surface area contributed by atoms with Gasteiger partial charge in [-0.05, 0) is 12.1 Å². The zero-order chi connectivity index (χ0) is 14.8. The summed E-state index contributed by atoms with van der Waals surface area (Å²) in [7, 11) is -2.42. The first kappa shape index (κ1) is 15.0. The van der Waals surface area contributed by atoms with E-state index in [4.69, 9.17) is 15.2 Å². The third kappa shape index (κ3) is 3.21. The van der Waals surface area contributed by atoms with Crippen LogP contribution in [0.4, 0.5) is 5.69 Å². The van der Waals surface area contributed by atoms with E-state index in [-0.39, 0.29) is 23.8 Å². The molecule has 1 atom stereocenters. The van der Waals surface area contributed by atoms with Gasteiger partial charge in [-0.15, -0.1) is 0 Å². The van der Waals surface area contributed by atoms with Gasteiger partial charge in [-0.25, -0.2) is 13.1 Å². The number of sulfonamides is 1. The van der Waals surface area contributed by atoms with E-state index < -0.39 is 15.6 Å². The molecule has 1 heterocycles. The molecule has 0 bridgehead atoms. The zero-order valence-corrected chi connectivity index (χ0v) is 11.9. The number of aliphatic hydroxyl groups is 1. The third-order valence-electron chi connectivity index (χ3n) is 3.15. The first-order valence-corrected chi connectivity index (χ1v) is 7.58. The number of nitrogen functional groups attached to an aromatic ring is 1. The fraction of sp³-hybridized carbons (Fsp3) is 0.500. The first-order chi connectivity index (χ1) is 9.36. The summed E-state index contributed by atoms with van der Waals surface area (Å²) >= 11 is 0.